The Labute approximate surface area is 119 Å². The zero-order valence-electron chi connectivity index (χ0n) is 11.1. The maximum Gasteiger partial charge on any atom is 0.253 e. The normalized spacial score (nSPS) is 9.68. The van der Waals surface area contributed by atoms with Gasteiger partial charge in [0.1, 0.15) is 0 Å². The molecule has 0 saturated carbocycles. The molecule has 0 aliphatic rings. The molecule has 0 spiro atoms. The number of para-hydroxylation sites is 1. The van der Waals surface area contributed by atoms with Crippen LogP contribution in [0.25, 0.3) is 0 Å². The fraction of sp³-hybridized carbons (Fsp3) is 0.385. The molecule has 0 atom stereocenters. The lowest BCUT2D eigenvalue weighted by molar-refractivity contribution is -0.116. The lowest BCUT2D eigenvalue weighted by Gasteiger charge is -2.12. The van der Waals surface area contributed by atoms with Crippen molar-refractivity contribution in [3.63, 3.8) is 0 Å². The number of halogens is 1. The smallest absolute Gasteiger partial charge is 0.253 e. The van der Waals surface area contributed by atoms with Gasteiger partial charge in [0.15, 0.2) is 0 Å². The Morgan fingerprint density at radius 1 is 1.26 bits per heavy atom. The van der Waals surface area contributed by atoms with Crippen LogP contribution in [0.3, 0.4) is 0 Å². The number of rotatable bonds is 5. The van der Waals surface area contributed by atoms with Gasteiger partial charge in [-0.25, -0.2) is 0 Å². The van der Waals surface area contributed by atoms with Crippen molar-refractivity contribution in [2.24, 2.45) is 5.73 Å². The van der Waals surface area contributed by atoms with E-state index in [0.29, 0.717) is 11.3 Å². The van der Waals surface area contributed by atoms with E-state index in [4.69, 9.17) is 5.73 Å². The van der Waals surface area contributed by atoms with Gasteiger partial charge in [-0.2, -0.15) is 0 Å². The largest absolute Gasteiger partial charge is 0.350 e. The van der Waals surface area contributed by atoms with Crippen LogP contribution in [-0.4, -0.2) is 24.4 Å². The third-order valence-electron chi connectivity index (χ3n) is 2.24. The summed E-state index contributed by atoms with van der Waals surface area (Å²) in [6, 6.07) is 6.95. The molecule has 1 rings (SSSR count). The molecule has 0 saturated heterocycles. The molecule has 0 radical (unpaired) electrons. The monoisotopic (exact) mass is 285 g/mol. The van der Waals surface area contributed by atoms with Crippen LogP contribution < -0.4 is 16.4 Å². The van der Waals surface area contributed by atoms with Crippen LogP contribution in [-0.2, 0) is 4.79 Å². The van der Waals surface area contributed by atoms with E-state index in [1.807, 2.05) is 13.8 Å². The third kappa shape index (κ3) is 5.72. The standard InChI is InChI=1S/C13H19N3O2.ClH/c1-9(2)15-13(18)10-5-3-4-6-11(10)16-12(17)7-8-14;/h3-6,9H,7-8,14H2,1-2H3,(H,15,18)(H,16,17);1H. The Morgan fingerprint density at radius 2 is 1.89 bits per heavy atom. The van der Waals surface area contributed by atoms with E-state index >= 15 is 0 Å². The average molecular weight is 286 g/mol. The number of nitrogens with one attached hydrogen (secondary N) is 2. The van der Waals surface area contributed by atoms with Crippen molar-refractivity contribution in [3.05, 3.63) is 29.8 Å². The van der Waals surface area contributed by atoms with Crippen LogP contribution in [0, 0.1) is 0 Å². The molecular formula is C13H20ClN3O2. The maximum atomic E-state index is 11.9. The van der Waals surface area contributed by atoms with Gasteiger partial charge in [0.25, 0.3) is 5.91 Å². The first-order valence-corrected chi connectivity index (χ1v) is 5.94. The Hall–Kier alpha value is -1.59. The van der Waals surface area contributed by atoms with Crippen molar-refractivity contribution in [1.29, 1.82) is 0 Å². The van der Waals surface area contributed by atoms with Crippen molar-refractivity contribution in [1.82, 2.24) is 5.32 Å². The van der Waals surface area contributed by atoms with E-state index in [1.54, 1.807) is 24.3 Å². The van der Waals surface area contributed by atoms with Crippen LogP contribution in [0.5, 0.6) is 0 Å². The van der Waals surface area contributed by atoms with E-state index in [1.165, 1.54) is 0 Å². The molecular weight excluding hydrogens is 266 g/mol. The molecule has 0 aliphatic heterocycles. The minimum atomic E-state index is -0.200. The van der Waals surface area contributed by atoms with Gasteiger partial charge >= 0.3 is 0 Å². The quantitative estimate of drug-likeness (QED) is 0.767. The summed E-state index contributed by atoms with van der Waals surface area (Å²) in [5, 5.41) is 5.48. The lowest BCUT2D eigenvalue weighted by atomic mass is 10.1. The van der Waals surface area contributed by atoms with Crippen molar-refractivity contribution in [2.75, 3.05) is 11.9 Å². The van der Waals surface area contributed by atoms with Crippen molar-refractivity contribution in [2.45, 2.75) is 26.3 Å². The van der Waals surface area contributed by atoms with Gasteiger partial charge in [-0.1, -0.05) is 12.1 Å². The van der Waals surface area contributed by atoms with Crippen LogP contribution in [0.2, 0.25) is 0 Å². The molecule has 5 nitrogen and oxygen atoms in total. The summed E-state index contributed by atoms with van der Waals surface area (Å²) in [7, 11) is 0. The number of carbonyl (C=O) groups excluding carboxylic acids is 2. The Morgan fingerprint density at radius 3 is 2.47 bits per heavy atom. The predicted molar refractivity (Wildman–Crippen MR) is 78.6 cm³/mol. The number of nitrogens with two attached hydrogens (primary N) is 1. The summed E-state index contributed by atoms with van der Waals surface area (Å²) in [4.78, 5) is 23.4. The molecule has 1 aromatic rings. The van der Waals surface area contributed by atoms with Gasteiger partial charge < -0.3 is 16.4 Å². The molecule has 1 aromatic carbocycles. The molecule has 106 valence electrons. The summed E-state index contributed by atoms with van der Waals surface area (Å²) in [5.41, 5.74) is 6.27. The van der Waals surface area contributed by atoms with E-state index < -0.39 is 0 Å². The number of hydrogen-bond acceptors (Lipinski definition) is 3. The first-order valence-electron chi connectivity index (χ1n) is 5.94. The summed E-state index contributed by atoms with van der Waals surface area (Å²) >= 11 is 0. The molecule has 19 heavy (non-hydrogen) atoms. The summed E-state index contributed by atoms with van der Waals surface area (Å²) in [6.45, 7) is 4.05. The molecule has 0 aliphatic carbocycles. The number of amides is 2. The molecule has 6 heteroatoms. The number of hydrogen-bond donors (Lipinski definition) is 3. The van der Waals surface area contributed by atoms with Gasteiger partial charge in [0.05, 0.1) is 11.3 Å². The van der Waals surface area contributed by atoms with E-state index in [0.717, 1.165) is 0 Å². The first kappa shape index (κ1) is 17.4. The van der Waals surface area contributed by atoms with Crippen LogP contribution in [0.1, 0.15) is 30.6 Å². The summed E-state index contributed by atoms with van der Waals surface area (Å²) in [6.07, 6.45) is 0.236. The van der Waals surface area contributed by atoms with E-state index in [-0.39, 0.29) is 43.2 Å². The number of carbonyl (C=O) groups is 2. The number of benzene rings is 1. The highest BCUT2D eigenvalue weighted by atomic mass is 35.5. The zero-order chi connectivity index (χ0) is 13.5. The molecule has 0 bridgehead atoms. The zero-order valence-corrected chi connectivity index (χ0v) is 11.9. The minimum Gasteiger partial charge on any atom is -0.350 e. The van der Waals surface area contributed by atoms with Crippen LogP contribution in [0.15, 0.2) is 24.3 Å². The Balaban J connectivity index is 0.00000324. The fourth-order valence-corrected chi connectivity index (χ4v) is 1.47. The molecule has 0 fully saturated rings. The predicted octanol–water partition coefficient (Wildman–Crippen LogP) is 1.53. The van der Waals surface area contributed by atoms with Gasteiger partial charge in [-0.3, -0.25) is 9.59 Å². The van der Waals surface area contributed by atoms with Gasteiger partial charge in [-0.15, -0.1) is 12.4 Å². The second-order valence-electron chi connectivity index (χ2n) is 4.26. The molecule has 0 unspecified atom stereocenters. The summed E-state index contributed by atoms with van der Waals surface area (Å²) in [5.74, 6) is -0.393. The van der Waals surface area contributed by atoms with Crippen molar-refractivity contribution >= 4 is 29.9 Å². The average Bonchev–Trinajstić information content (AvgIpc) is 2.28. The van der Waals surface area contributed by atoms with Gasteiger partial charge in [0, 0.05) is 19.0 Å². The van der Waals surface area contributed by atoms with Crippen molar-refractivity contribution in [3.8, 4) is 0 Å². The van der Waals surface area contributed by atoms with Gasteiger partial charge in [0.2, 0.25) is 5.91 Å². The highest BCUT2D eigenvalue weighted by Crippen LogP contribution is 2.15. The SMILES string of the molecule is CC(C)NC(=O)c1ccccc1NC(=O)CCN.Cl. The van der Waals surface area contributed by atoms with Crippen LogP contribution in [0.4, 0.5) is 5.69 Å². The van der Waals surface area contributed by atoms with Crippen LogP contribution >= 0.6 is 12.4 Å². The maximum absolute atomic E-state index is 11.9. The molecule has 4 N–H and O–H groups in total. The van der Waals surface area contributed by atoms with E-state index in [9.17, 15) is 9.59 Å². The van der Waals surface area contributed by atoms with Gasteiger partial charge in [-0.05, 0) is 26.0 Å². The Kier molecular flexibility index (Phi) is 7.79. The summed E-state index contributed by atoms with van der Waals surface area (Å²) < 4.78 is 0. The number of anilines is 1. The van der Waals surface area contributed by atoms with E-state index in [2.05, 4.69) is 10.6 Å². The first-order chi connectivity index (χ1) is 8.54. The minimum absolute atomic E-state index is 0. The highest BCUT2D eigenvalue weighted by molar-refractivity contribution is 6.03. The van der Waals surface area contributed by atoms with Crippen molar-refractivity contribution < 1.29 is 9.59 Å². The topological polar surface area (TPSA) is 84.2 Å². The molecule has 0 aromatic heterocycles. The molecule has 0 heterocycles. The third-order valence-corrected chi connectivity index (χ3v) is 2.24. The Bertz CT molecular complexity index is 436. The second-order valence-corrected chi connectivity index (χ2v) is 4.26. The fourth-order valence-electron chi connectivity index (χ4n) is 1.47. The molecule has 2 amide bonds. The highest BCUT2D eigenvalue weighted by Gasteiger charge is 2.13. The second kappa shape index (κ2) is 8.50. The lowest BCUT2D eigenvalue weighted by Crippen LogP contribution is -2.31.